The lowest BCUT2D eigenvalue weighted by atomic mass is 10.2. The van der Waals surface area contributed by atoms with E-state index in [-0.39, 0.29) is 17.3 Å². The molecule has 0 aliphatic carbocycles. The summed E-state index contributed by atoms with van der Waals surface area (Å²) in [4.78, 5) is 17.2. The van der Waals surface area contributed by atoms with E-state index in [1.165, 1.54) is 0 Å². The van der Waals surface area contributed by atoms with Crippen molar-refractivity contribution in [3.05, 3.63) is 23.6 Å². The van der Waals surface area contributed by atoms with Gasteiger partial charge in [0.1, 0.15) is 11.6 Å². The fraction of sp³-hybridized carbons (Fsp3) is 0.400. The summed E-state index contributed by atoms with van der Waals surface area (Å²) in [6.45, 7) is 1.98. The van der Waals surface area contributed by atoms with Crippen molar-refractivity contribution in [3.8, 4) is 0 Å². The van der Waals surface area contributed by atoms with Crippen molar-refractivity contribution in [2.75, 3.05) is 32.0 Å². The number of ether oxygens (including phenoxy) is 1. The molecule has 0 aromatic carbocycles. The van der Waals surface area contributed by atoms with E-state index in [2.05, 4.69) is 4.98 Å². The number of rotatable bonds is 1. The minimum absolute atomic E-state index is 0.0536. The molecule has 1 aromatic heterocycles. The Morgan fingerprint density at radius 2 is 2.19 bits per heavy atom. The summed E-state index contributed by atoms with van der Waals surface area (Å²) >= 11 is 0. The van der Waals surface area contributed by atoms with E-state index in [0.717, 1.165) is 12.3 Å². The Morgan fingerprint density at radius 3 is 2.88 bits per heavy atom. The van der Waals surface area contributed by atoms with Gasteiger partial charge in [0.2, 0.25) is 0 Å². The zero-order chi connectivity index (χ0) is 11.5. The second-order valence-corrected chi connectivity index (χ2v) is 3.49. The van der Waals surface area contributed by atoms with Gasteiger partial charge in [0.15, 0.2) is 0 Å². The zero-order valence-corrected chi connectivity index (χ0v) is 8.65. The molecular weight excluding hydrogens is 213 g/mol. The Hall–Kier alpha value is -1.69. The second kappa shape index (κ2) is 4.44. The molecule has 0 saturated carbocycles. The Bertz CT molecular complexity index is 405. The molecule has 86 valence electrons. The van der Waals surface area contributed by atoms with E-state index in [0.29, 0.717) is 26.3 Å². The van der Waals surface area contributed by atoms with Crippen molar-refractivity contribution < 1.29 is 13.9 Å². The predicted octanol–water partition coefficient (Wildman–Crippen LogP) is 0.275. The highest BCUT2D eigenvalue weighted by atomic mass is 19.1. The maximum absolute atomic E-state index is 13.0. The third-order valence-corrected chi connectivity index (χ3v) is 2.41. The van der Waals surface area contributed by atoms with Gasteiger partial charge in [-0.15, -0.1) is 0 Å². The third kappa shape index (κ3) is 2.11. The standard InChI is InChI=1S/C10H12FN3O2/c11-7-5-8(9(12)13-6-7)10(15)14-1-3-16-4-2-14/h5-6H,1-4H2,(H2,12,13). The Kier molecular flexibility index (Phi) is 3.00. The molecule has 0 atom stereocenters. The summed E-state index contributed by atoms with van der Waals surface area (Å²) < 4.78 is 18.1. The van der Waals surface area contributed by atoms with Crippen LogP contribution in [0.4, 0.5) is 10.2 Å². The Morgan fingerprint density at radius 1 is 1.50 bits per heavy atom. The fourth-order valence-corrected chi connectivity index (χ4v) is 1.56. The number of anilines is 1. The number of morpholine rings is 1. The molecular formula is C10H12FN3O2. The normalized spacial score (nSPS) is 16.2. The van der Waals surface area contributed by atoms with Crippen LogP contribution < -0.4 is 5.73 Å². The molecule has 1 saturated heterocycles. The lowest BCUT2D eigenvalue weighted by Crippen LogP contribution is -2.41. The van der Waals surface area contributed by atoms with E-state index in [1.54, 1.807) is 4.90 Å². The highest BCUT2D eigenvalue weighted by Gasteiger charge is 2.21. The summed E-state index contributed by atoms with van der Waals surface area (Å²) in [7, 11) is 0. The van der Waals surface area contributed by atoms with Gasteiger partial charge in [-0.1, -0.05) is 0 Å². The molecule has 2 N–H and O–H groups in total. The Labute approximate surface area is 92.0 Å². The van der Waals surface area contributed by atoms with Crippen LogP contribution in [0.5, 0.6) is 0 Å². The molecule has 1 amide bonds. The minimum atomic E-state index is -0.564. The van der Waals surface area contributed by atoms with E-state index >= 15 is 0 Å². The van der Waals surface area contributed by atoms with Gasteiger partial charge in [0.25, 0.3) is 5.91 Å². The van der Waals surface area contributed by atoms with Crippen LogP contribution in [-0.4, -0.2) is 42.1 Å². The number of carbonyl (C=O) groups is 1. The number of amides is 1. The van der Waals surface area contributed by atoms with Gasteiger partial charge in [-0.2, -0.15) is 0 Å². The molecule has 0 bridgehead atoms. The summed E-state index contributed by atoms with van der Waals surface area (Å²) in [5.74, 6) is -0.809. The quantitative estimate of drug-likeness (QED) is 0.745. The molecule has 0 spiro atoms. The van der Waals surface area contributed by atoms with Gasteiger partial charge < -0.3 is 15.4 Å². The van der Waals surface area contributed by atoms with Crippen molar-refractivity contribution in [2.45, 2.75) is 0 Å². The van der Waals surface area contributed by atoms with Gasteiger partial charge in [-0.3, -0.25) is 4.79 Å². The number of pyridine rings is 1. The summed E-state index contributed by atoms with van der Waals surface area (Å²) in [5.41, 5.74) is 5.65. The van der Waals surface area contributed by atoms with Crippen LogP contribution >= 0.6 is 0 Å². The monoisotopic (exact) mass is 225 g/mol. The summed E-state index contributed by atoms with van der Waals surface area (Å²) in [5, 5.41) is 0. The first kappa shape index (κ1) is 10.8. The van der Waals surface area contributed by atoms with Crippen LogP contribution in [0, 0.1) is 5.82 Å². The average Bonchev–Trinajstić information content (AvgIpc) is 2.32. The van der Waals surface area contributed by atoms with Gasteiger partial charge >= 0.3 is 0 Å². The number of carbonyl (C=O) groups excluding carboxylic acids is 1. The zero-order valence-electron chi connectivity index (χ0n) is 8.65. The van der Waals surface area contributed by atoms with Crippen molar-refractivity contribution in [1.82, 2.24) is 9.88 Å². The lowest BCUT2D eigenvalue weighted by molar-refractivity contribution is 0.0303. The molecule has 2 heterocycles. The molecule has 5 nitrogen and oxygen atoms in total. The highest BCUT2D eigenvalue weighted by Crippen LogP contribution is 2.13. The third-order valence-electron chi connectivity index (χ3n) is 2.41. The maximum atomic E-state index is 13.0. The second-order valence-electron chi connectivity index (χ2n) is 3.49. The first-order chi connectivity index (χ1) is 7.68. The van der Waals surface area contributed by atoms with E-state index in [9.17, 15) is 9.18 Å². The molecule has 0 unspecified atom stereocenters. The summed E-state index contributed by atoms with van der Waals surface area (Å²) in [6.07, 6.45) is 0.991. The topological polar surface area (TPSA) is 68.5 Å². The molecule has 1 aliphatic heterocycles. The van der Waals surface area contributed by atoms with Crippen molar-refractivity contribution >= 4 is 11.7 Å². The van der Waals surface area contributed by atoms with Crippen molar-refractivity contribution in [1.29, 1.82) is 0 Å². The number of nitrogens with zero attached hydrogens (tertiary/aromatic N) is 2. The van der Waals surface area contributed by atoms with Crippen LogP contribution in [0.3, 0.4) is 0 Å². The number of aromatic nitrogens is 1. The van der Waals surface area contributed by atoms with E-state index in [4.69, 9.17) is 10.5 Å². The van der Waals surface area contributed by atoms with Crippen molar-refractivity contribution in [2.24, 2.45) is 0 Å². The molecule has 2 rings (SSSR count). The first-order valence-corrected chi connectivity index (χ1v) is 4.96. The highest BCUT2D eigenvalue weighted by molar-refractivity contribution is 5.98. The predicted molar refractivity (Wildman–Crippen MR) is 55.3 cm³/mol. The largest absolute Gasteiger partial charge is 0.383 e. The number of nitrogens with two attached hydrogens (primary N) is 1. The number of nitrogen functional groups attached to an aromatic ring is 1. The molecule has 1 fully saturated rings. The molecule has 0 radical (unpaired) electrons. The van der Waals surface area contributed by atoms with Crippen molar-refractivity contribution in [3.63, 3.8) is 0 Å². The van der Waals surface area contributed by atoms with Crippen LogP contribution in [0.2, 0.25) is 0 Å². The van der Waals surface area contributed by atoms with Gasteiger partial charge in [-0.25, -0.2) is 9.37 Å². The lowest BCUT2D eigenvalue weighted by Gasteiger charge is -2.27. The fourth-order valence-electron chi connectivity index (χ4n) is 1.56. The number of hydrogen-bond donors (Lipinski definition) is 1. The molecule has 16 heavy (non-hydrogen) atoms. The smallest absolute Gasteiger partial charge is 0.257 e. The van der Waals surface area contributed by atoms with Gasteiger partial charge in [0.05, 0.1) is 25.0 Å². The van der Waals surface area contributed by atoms with Gasteiger partial charge in [0, 0.05) is 13.1 Å². The molecule has 6 heteroatoms. The first-order valence-electron chi connectivity index (χ1n) is 4.96. The molecule has 1 aliphatic rings. The van der Waals surface area contributed by atoms with Gasteiger partial charge in [-0.05, 0) is 6.07 Å². The SMILES string of the molecule is Nc1ncc(F)cc1C(=O)N1CCOCC1. The van der Waals surface area contributed by atoms with Crippen LogP contribution in [0.1, 0.15) is 10.4 Å². The van der Waals surface area contributed by atoms with Crippen LogP contribution in [-0.2, 0) is 4.74 Å². The molecule has 1 aromatic rings. The minimum Gasteiger partial charge on any atom is -0.383 e. The van der Waals surface area contributed by atoms with E-state index in [1.807, 2.05) is 0 Å². The Balaban J connectivity index is 2.22. The maximum Gasteiger partial charge on any atom is 0.257 e. The average molecular weight is 225 g/mol. The number of halogens is 1. The van der Waals surface area contributed by atoms with E-state index < -0.39 is 5.82 Å². The van der Waals surface area contributed by atoms with Crippen LogP contribution in [0.25, 0.3) is 0 Å². The summed E-state index contributed by atoms with van der Waals surface area (Å²) in [6, 6.07) is 1.11. The van der Waals surface area contributed by atoms with Crippen LogP contribution in [0.15, 0.2) is 12.3 Å². The number of hydrogen-bond acceptors (Lipinski definition) is 4.